The summed E-state index contributed by atoms with van der Waals surface area (Å²) in [5.41, 5.74) is 1.44. The van der Waals surface area contributed by atoms with Gasteiger partial charge in [-0.15, -0.1) is 0 Å². The highest BCUT2D eigenvalue weighted by Crippen LogP contribution is 2.27. The smallest absolute Gasteiger partial charge is 0.349 e. The molecule has 0 aliphatic heterocycles. The summed E-state index contributed by atoms with van der Waals surface area (Å²) < 4.78 is 11.7. The molecule has 0 N–H and O–H groups in total. The van der Waals surface area contributed by atoms with Crippen molar-refractivity contribution in [2.45, 2.75) is 0 Å². The van der Waals surface area contributed by atoms with Crippen molar-refractivity contribution in [3.63, 3.8) is 0 Å². The van der Waals surface area contributed by atoms with E-state index in [0.717, 1.165) is 10.2 Å². The van der Waals surface area contributed by atoms with Gasteiger partial charge in [-0.3, -0.25) is 4.99 Å². The van der Waals surface area contributed by atoms with Crippen LogP contribution in [-0.2, 0) is 4.79 Å². The second-order valence-electron chi connectivity index (χ2n) is 5.61. The zero-order chi connectivity index (χ0) is 19.9. The first-order chi connectivity index (χ1) is 13.5. The molecule has 0 aliphatic carbocycles. The topological polar surface area (TPSA) is 47.9 Å². The standard InChI is InChI=1S/C21H14BrCl2NO3/c22-15-5-3-6-17(10-15)25-12-14-4-1-2-7-19(14)28-21(26)13-27-20-9-8-16(23)11-18(20)24/h1-12H,13H2. The van der Waals surface area contributed by atoms with E-state index in [9.17, 15) is 4.79 Å². The molecule has 0 radical (unpaired) electrons. The lowest BCUT2D eigenvalue weighted by atomic mass is 10.2. The number of benzene rings is 3. The van der Waals surface area contributed by atoms with Gasteiger partial charge in [0.1, 0.15) is 11.5 Å². The molecule has 7 heteroatoms. The molecular formula is C21H14BrCl2NO3. The van der Waals surface area contributed by atoms with E-state index >= 15 is 0 Å². The van der Waals surface area contributed by atoms with Gasteiger partial charge < -0.3 is 9.47 Å². The minimum absolute atomic E-state index is 0.293. The number of hydrogen-bond acceptors (Lipinski definition) is 4. The molecule has 0 saturated carbocycles. The van der Waals surface area contributed by atoms with Crippen LogP contribution in [0.5, 0.6) is 11.5 Å². The predicted molar refractivity (Wildman–Crippen MR) is 115 cm³/mol. The molecule has 28 heavy (non-hydrogen) atoms. The molecule has 3 aromatic carbocycles. The maximum atomic E-state index is 12.2. The molecule has 3 aromatic rings. The van der Waals surface area contributed by atoms with Crippen molar-refractivity contribution in [3.05, 3.63) is 86.8 Å². The van der Waals surface area contributed by atoms with Crippen molar-refractivity contribution in [1.29, 1.82) is 0 Å². The molecule has 0 fully saturated rings. The third-order valence-electron chi connectivity index (χ3n) is 3.54. The first-order valence-electron chi connectivity index (χ1n) is 8.18. The van der Waals surface area contributed by atoms with Crippen molar-refractivity contribution in [3.8, 4) is 11.5 Å². The summed E-state index contributed by atoms with van der Waals surface area (Å²) in [5, 5.41) is 0.806. The summed E-state index contributed by atoms with van der Waals surface area (Å²) in [6.07, 6.45) is 1.64. The number of esters is 1. The van der Waals surface area contributed by atoms with Crippen LogP contribution in [0, 0.1) is 0 Å². The van der Waals surface area contributed by atoms with Crippen molar-refractivity contribution in [2.24, 2.45) is 4.99 Å². The number of para-hydroxylation sites is 1. The Morgan fingerprint density at radius 2 is 1.82 bits per heavy atom. The second-order valence-corrected chi connectivity index (χ2v) is 7.37. The minimum Gasteiger partial charge on any atom is -0.480 e. The van der Waals surface area contributed by atoms with Crippen LogP contribution in [0.3, 0.4) is 0 Å². The van der Waals surface area contributed by atoms with Crippen LogP contribution in [0.4, 0.5) is 5.69 Å². The van der Waals surface area contributed by atoms with Gasteiger partial charge in [0.2, 0.25) is 0 Å². The van der Waals surface area contributed by atoms with Crippen molar-refractivity contribution in [1.82, 2.24) is 0 Å². The monoisotopic (exact) mass is 477 g/mol. The molecular weight excluding hydrogens is 465 g/mol. The van der Waals surface area contributed by atoms with E-state index in [1.807, 2.05) is 30.3 Å². The molecule has 0 amide bonds. The van der Waals surface area contributed by atoms with Crippen LogP contribution >= 0.6 is 39.1 Å². The lowest BCUT2D eigenvalue weighted by molar-refractivity contribution is -0.136. The largest absolute Gasteiger partial charge is 0.480 e. The highest BCUT2D eigenvalue weighted by Gasteiger charge is 2.11. The highest BCUT2D eigenvalue weighted by atomic mass is 79.9. The Labute approximate surface area is 180 Å². The molecule has 0 bridgehead atoms. The Morgan fingerprint density at radius 3 is 2.61 bits per heavy atom. The summed E-state index contributed by atoms with van der Waals surface area (Å²) >= 11 is 15.3. The van der Waals surface area contributed by atoms with Crippen LogP contribution in [0.25, 0.3) is 0 Å². The number of halogens is 3. The molecule has 0 unspecified atom stereocenters. The summed E-state index contributed by atoms with van der Waals surface area (Å²) in [5.74, 6) is 0.180. The van der Waals surface area contributed by atoms with E-state index in [1.54, 1.807) is 36.5 Å². The fourth-order valence-electron chi connectivity index (χ4n) is 2.26. The molecule has 3 rings (SSSR count). The van der Waals surface area contributed by atoms with Crippen molar-refractivity contribution >= 4 is 57.0 Å². The number of carbonyl (C=O) groups is 1. The van der Waals surface area contributed by atoms with Gasteiger partial charge in [0.25, 0.3) is 0 Å². The Hall–Kier alpha value is -2.34. The van der Waals surface area contributed by atoms with Gasteiger partial charge in [0.15, 0.2) is 6.61 Å². The van der Waals surface area contributed by atoms with Crippen molar-refractivity contribution < 1.29 is 14.3 Å². The normalized spacial score (nSPS) is 10.8. The number of ether oxygens (including phenoxy) is 2. The van der Waals surface area contributed by atoms with E-state index in [1.165, 1.54) is 6.07 Å². The van der Waals surface area contributed by atoms with Crippen LogP contribution in [-0.4, -0.2) is 18.8 Å². The first kappa shape index (κ1) is 20.4. The van der Waals surface area contributed by atoms with Crippen LogP contribution in [0.15, 0.2) is 76.2 Å². The maximum absolute atomic E-state index is 12.2. The summed E-state index contributed by atoms with van der Waals surface area (Å²) in [4.78, 5) is 16.6. The Bertz CT molecular complexity index is 1020. The molecule has 0 spiro atoms. The van der Waals surface area contributed by atoms with E-state index in [4.69, 9.17) is 32.7 Å². The van der Waals surface area contributed by atoms with Gasteiger partial charge in [-0.25, -0.2) is 4.79 Å². The summed E-state index contributed by atoms with van der Waals surface area (Å²) in [6, 6.07) is 19.4. The summed E-state index contributed by atoms with van der Waals surface area (Å²) in [7, 11) is 0. The molecule has 142 valence electrons. The number of rotatable bonds is 6. The van der Waals surface area contributed by atoms with Gasteiger partial charge in [-0.2, -0.15) is 0 Å². The fraction of sp³-hybridized carbons (Fsp3) is 0.0476. The van der Waals surface area contributed by atoms with Gasteiger partial charge >= 0.3 is 5.97 Å². The average Bonchev–Trinajstić information content (AvgIpc) is 2.67. The Balaban J connectivity index is 1.66. The van der Waals surface area contributed by atoms with E-state index < -0.39 is 5.97 Å². The molecule has 0 aliphatic rings. The zero-order valence-corrected chi connectivity index (χ0v) is 17.5. The SMILES string of the molecule is O=C(COc1ccc(Cl)cc1Cl)Oc1ccccc1C=Nc1cccc(Br)c1. The van der Waals surface area contributed by atoms with Crippen LogP contribution in [0.2, 0.25) is 10.0 Å². The number of hydrogen-bond donors (Lipinski definition) is 0. The quantitative estimate of drug-likeness (QED) is 0.231. The third-order valence-corrected chi connectivity index (χ3v) is 4.57. The average molecular weight is 479 g/mol. The van der Waals surface area contributed by atoms with Crippen LogP contribution in [0.1, 0.15) is 5.56 Å². The Kier molecular flexibility index (Phi) is 7.09. The molecule has 0 atom stereocenters. The summed E-state index contributed by atoms with van der Waals surface area (Å²) in [6.45, 7) is -0.293. The van der Waals surface area contributed by atoms with E-state index in [2.05, 4.69) is 20.9 Å². The van der Waals surface area contributed by atoms with E-state index in [-0.39, 0.29) is 6.61 Å². The molecule has 0 saturated heterocycles. The molecule has 4 nitrogen and oxygen atoms in total. The van der Waals surface area contributed by atoms with E-state index in [0.29, 0.717) is 27.1 Å². The molecule has 0 heterocycles. The second kappa shape index (κ2) is 9.73. The predicted octanol–water partition coefficient (Wildman–Crippen LogP) is 6.49. The first-order valence-corrected chi connectivity index (χ1v) is 9.73. The van der Waals surface area contributed by atoms with Gasteiger partial charge in [0.05, 0.1) is 10.7 Å². The van der Waals surface area contributed by atoms with Gasteiger partial charge in [-0.05, 0) is 48.5 Å². The van der Waals surface area contributed by atoms with Gasteiger partial charge in [-0.1, -0.05) is 57.3 Å². The minimum atomic E-state index is -0.561. The third kappa shape index (κ3) is 5.83. The maximum Gasteiger partial charge on any atom is 0.349 e. The Morgan fingerprint density at radius 1 is 1.00 bits per heavy atom. The van der Waals surface area contributed by atoms with Crippen LogP contribution < -0.4 is 9.47 Å². The van der Waals surface area contributed by atoms with Crippen molar-refractivity contribution in [2.75, 3.05) is 6.61 Å². The highest BCUT2D eigenvalue weighted by molar-refractivity contribution is 9.10. The number of nitrogens with zero attached hydrogens (tertiary/aromatic N) is 1. The fourth-order valence-corrected chi connectivity index (χ4v) is 3.11. The van der Waals surface area contributed by atoms with Gasteiger partial charge in [0, 0.05) is 21.3 Å². The zero-order valence-electron chi connectivity index (χ0n) is 14.4. The lowest BCUT2D eigenvalue weighted by Gasteiger charge is -2.09. The number of aliphatic imine (C=N–C) groups is 1. The lowest BCUT2D eigenvalue weighted by Crippen LogP contribution is -2.18. The number of carbonyl (C=O) groups excluding carboxylic acids is 1. The molecule has 0 aromatic heterocycles.